The van der Waals surface area contributed by atoms with Gasteiger partial charge in [-0.05, 0) is 42.0 Å². The molecule has 2 aromatic carbocycles. The zero-order valence-corrected chi connectivity index (χ0v) is 15.8. The highest BCUT2D eigenvalue weighted by atomic mass is 35.5. The van der Waals surface area contributed by atoms with Gasteiger partial charge in [0.05, 0.1) is 17.0 Å². The standard InChI is InChI=1S/C18H11Cl3N2O.ClH/c19-13-3-1-12(2-4-13)9-17(23-8-7-22-11-23)18(24)15-6-5-14(20)10-16(15)21;/h1-11H;1H/b17-9-;. The molecular weight excluding hydrogens is 402 g/mol. The molecule has 0 saturated carbocycles. The zero-order chi connectivity index (χ0) is 17.1. The van der Waals surface area contributed by atoms with E-state index in [0.717, 1.165) is 5.56 Å². The van der Waals surface area contributed by atoms with Crippen molar-refractivity contribution in [3.05, 3.63) is 87.4 Å². The summed E-state index contributed by atoms with van der Waals surface area (Å²) >= 11 is 18.0. The zero-order valence-electron chi connectivity index (χ0n) is 12.7. The topological polar surface area (TPSA) is 34.9 Å². The monoisotopic (exact) mass is 412 g/mol. The van der Waals surface area contributed by atoms with Gasteiger partial charge in [0, 0.05) is 28.0 Å². The first-order valence-electron chi connectivity index (χ1n) is 7.00. The van der Waals surface area contributed by atoms with Crippen LogP contribution in [0.3, 0.4) is 0 Å². The lowest BCUT2D eigenvalue weighted by atomic mass is 10.1. The van der Waals surface area contributed by atoms with E-state index < -0.39 is 0 Å². The van der Waals surface area contributed by atoms with E-state index in [1.54, 1.807) is 59.7 Å². The number of aromatic nitrogens is 2. The number of carbonyl (C=O) groups excluding carboxylic acids is 1. The molecule has 0 fully saturated rings. The fourth-order valence-electron chi connectivity index (χ4n) is 2.19. The van der Waals surface area contributed by atoms with E-state index in [4.69, 9.17) is 34.8 Å². The van der Waals surface area contributed by atoms with Crippen LogP contribution in [0.15, 0.2) is 61.2 Å². The number of nitrogens with zero attached hydrogens (tertiary/aromatic N) is 2. The van der Waals surface area contributed by atoms with Gasteiger partial charge in [-0.2, -0.15) is 0 Å². The lowest BCUT2D eigenvalue weighted by molar-refractivity contribution is 0.105. The van der Waals surface area contributed by atoms with Gasteiger partial charge in [-0.3, -0.25) is 4.79 Å². The number of ketones is 1. The van der Waals surface area contributed by atoms with Gasteiger partial charge in [0.1, 0.15) is 0 Å². The number of Topliss-reactive ketones (excluding diaryl/α,β-unsaturated/α-hetero) is 1. The van der Waals surface area contributed by atoms with E-state index in [1.165, 1.54) is 0 Å². The smallest absolute Gasteiger partial charge is 0.211 e. The van der Waals surface area contributed by atoms with Crippen LogP contribution in [0.2, 0.25) is 15.1 Å². The minimum atomic E-state index is -0.232. The van der Waals surface area contributed by atoms with Crippen molar-refractivity contribution in [2.75, 3.05) is 0 Å². The molecule has 0 aliphatic carbocycles. The summed E-state index contributed by atoms with van der Waals surface area (Å²) in [5.41, 5.74) is 1.62. The third kappa shape index (κ3) is 4.65. The lowest BCUT2D eigenvalue weighted by Gasteiger charge is -2.10. The number of allylic oxidation sites excluding steroid dienone is 1. The Balaban J connectivity index is 0.00000225. The second-order valence-corrected chi connectivity index (χ2v) is 6.28. The second-order valence-electron chi connectivity index (χ2n) is 5.00. The highest BCUT2D eigenvalue weighted by molar-refractivity contribution is 6.40. The molecule has 7 heteroatoms. The van der Waals surface area contributed by atoms with Crippen molar-refractivity contribution >= 4 is 64.8 Å². The number of halogens is 4. The van der Waals surface area contributed by atoms with Crippen LogP contribution in [0.5, 0.6) is 0 Å². The molecule has 128 valence electrons. The average molecular weight is 414 g/mol. The molecule has 0 amide bonds. The van der Waals surface area contributed by atoms with E-state index >= 15 is 0 Å². The van der Waals surface area contributed by atoms with Crippen molar-refractivity contribution in [2.24, 2.45) is 0 Å². The number of hydrogen-bond donors (Lipinski definition) is 0. The summed E-state index contributed by atoms with van der Waals surface area (Å²) in [5, 5.41) is 1.40. The fraction of sp³-hybridized carbons (Fsp3) is 0. The van der Waals surface area contributed by atoms with E-state index in [1.807, 2.05) is 12.1 Å². The van der Waals surface area contributed by atoms with Crippen LogP contribution in [0, 0.1) is 0 Å². The van der Waals surface area contributed by atoms with Crippen molar-refractivity contribution < 1.29 is 4.79 Å². The Morgan fingerprint density at radius 3 is 2.28 bits per heavy atom. The minimum Gasteiger partial charge on any atom is -0.303 e. The summed E-state index contributed by atoms with van der Waals surface area (Å²) < 4.78 is 1.64. The molecule has 0 atom stereocenters. The first-order valence-corrected chi connectivity index (χ1v) is 8.13. The molecule has 0 unspecified atom stereocenters. The molecule has 0 aliphatic rings. The summed E-state index contributed by atoms with van der Waals surface area (Å²) in [6, 6.07) is 12.0. The third-order valence-corrected chi connectivity index (χ3v) is 4.16. The van der Waals surface area contributed by atoms with Crippen molar-refractivity contribution in [3.63, 3.8) is 0 Å². The summed E-state index contributed by atoms with van der Waals surface area (Å²) in [7, 11) is 0. The van der Waals surface area contributed by atoms with Gasteiger partial charge in [0.25, 0.3) is 0 Å². The van der Waals surface area contributed by atoms with Crippen LogP contribution in [0.25, 0.3) is 11.8 Å². The van der Waals surface area contributed by atoms with Crippen LogP contribution in [0.1, 0.15) is 15.9 Å². The maximum Gasteiger partial charge on any atom is 0.211 e. The third-order valence-electron chi connectivity index (χ3n) is 3.36. The Kier molecular flexibility index (Phi) is 6.68. The molecule has 0 bridgehead atoms. The van der Waals surface area contributed by atoms with Crippen LogP contribution in [0.4, 0.5) is 0 Å². The summed E-state index contributed by atoms with van der Waals surface area (Å²) in [4.78, 5) is 17.0. The first kappa shape index (κ1) is 19.5. The number of rotatable bonds is 4. The normalized spacial score (nSPS) is 11.1. The molecule has 0 spiro atoms. The van der Waals surface area contributed by atoms with Gasteiger partial charge in [0.2, 0.25) is 5.78 Å². The van der Waals surface area contributed by atoms with Crippen molar-refractivity contribution in [1.82, 2.24) is 9.55 Å². The van der Waals surface area contributed by atoms with E-state index in [0.29, 0.717) is 26.3 Å². The minimum absolute atomic E-state index is 0. The molecule has 0 radical (unpaired) electrons. The number of carbonyl (C=O) groups is 1. The van der Waals surface area contributed by atoms with Gasteiger partial charge in [-0.15, -0.1) is 12.4 Å². The predicted octanol–water partition coefficient (Wildman–Crippen LogP) is 6.15. The van der Waals surface area contributed by atoms with Crippen LogP contribution < -0.4 is 0 Å². The summed E-state index contributed by atoms with van der Waals surface area (Å²) in [6.07, 6.45) is 6.62. The second kappa shape index (κ2) is 8.54. The molecule has 0 N–H and O–H groups in total. The lowest BCUT2D eigenvalue weighted by Crippen LogP contribution is -2.08. The molecule has 1 aromatic heterocycles. The number of hydrogen-bond acceptors (Lipinski definition) is 2. The predicted molar refractivity (Wildman–Crippen MR) is 106 cm³/mol. The highest BCUT2D eigenvalue weighted by Crippen LogP contribution is 2.26. The molecule has 3 aromatic rings. The largest absolute Gasteiger partial charge is 0.303 e. The van der Waals surface area contributed by atoms with Gasteiger partial charge in [-0.1, -0.05) is 46.9 Å². The average Bonchev–Trinajstić information content (AvgIpc) is 3.08. The first-order chi connectivity index (χ1) is 11.5. The quantitative estimate of drug-likeness (QED) is 0.380. The van der Waals surface area contributed by atoms with Gasteiger partial charge >= 0.3 is 0 Å². The van der Waals surface area contributed by atoms with Gasteiger partial charge < -0.3 is 4.57 Å². The van der Waals surface area contributed by atoms with Crippen LogP contribution in [-0.2, 0) is 0 Å². The number of imidazole rings is 1. The molecule has 0 saturated heterocycles. The molecule has 1 heterocycles. The van der Waals surface area contributed by atoms with Crippen LogP contribution >= 0.6 is 47.2 Å². The molecular formula is C18H12Cl4N2O. The maximum atomic E-state index is 13.0. The van der Waals surface area contributed by atoms with Crippen molar-refractivity contribution in [1.29, 1.82) is 0 Å². The molecule has 0 aliphatic heterocycles. The Labute approximate surface area is 166 Å². The Bertz CT molecular complexity index is 903. The Hall–Kier alpha value is -1.78. The molecule has 3 rings (SSSR count). The Morgan fingerprint density at radius 2 is 1.68 bits per heavy atom. The SMILES string of the molecule is Cl.O=C(/C(=C/c1ccc(Cl)cc1)n1ccnc1)c1ccc(Cl)cc1Cl. The van der Waals surface area contributed by atoms with E-state index in [-0.39, 0.29) is 18.2 Å². The summed E-state index contributed by atoms with van der Waals surface area (Å²) in [6.45, 7) is 0. The fourth-order valence-corrected chi connectivity index (χ4v) is 2.81. The van der Waals surface area contributed by atoms with E-state index in [2.05, 4.69) is 4.98 Å². The molecule has 25 heavy (non-hydrogen) atoms. The highest BCUT2D eigenvalue weighted by Gasteiger charge is 2.17. The van der Waals surface area contributed by atoms with Crippen LogP contribution in [-0.4, -0.2) is 15.3 Å². The van der Waals surface area contributed by atoms with E-state index in [9.17, 15) is 4.79 Å². The molecule has 3 nitrogen and oxygen atoms in total. The van der Waals surface area contributed by atoms with Gasteiger partial charge in [-0.25, -0.2) is 4.98 Å². The summed E-state index contributed by atoms with van der Waals surface area (Å²) in [5.74, 6) is -0.232. The Morgan fingerprint density at radius 1 is 1.00 bits per heavy atom. The van der Waals surface area contributed by atoms with Crippen molar-refractivity contribution in [3.8, 4) is 0 Å². The number of benzene rings is 2. The van der Waals surface area contributed by atoms with Gasteiger partial charge in [0.15, 0.2) is 0 Å². The van der Waals surface area contributed by atoms with Crippen molar-refractivity contribution in [2.45, 2.75) is 0 Å². The maximum absolute atomic E-state index is 13.0.